The van der Waals surface area contributed by atoms with Gasteiger partial charge in [0.15, 0.2) is 0 Å². The van der Waals surface area contributed by atoms with Gasteiger partial charge in [0.25, 0.3) is 0 Å². The van der Waals surface area contributed by atoms with E-state index < -0.39 is 5.60 Å². The summed E-state index contributed by atoms with van der Waals surface area (Å²) >= 11 is 0. The van der Waals surface area contributed by atoms with Crippen molar-refractivity contribution in [2.45, 2.75) is 77.7 Å². The SMILES string of the molecule is CC(C)(C)O.[CH-]1CCCC1.[CH-]1CCCC1.[Ti+2]. The summed E-state index contributed by atoms with van der Waals surface area (Å²) in [7, 11) is 0. The maximum Gasteiger partial charge on any atom is 2.00 e. The number of hydrogen-bond donors (Lipinski definition) is 1. The monoisotopic (exact) mass is 260 g/mol. The van der Waals surface area contributed by atoms with E-state index in [-0.39, 0.29) is 21.7 Å². The zero-order chi connectivity index (χ0) is 11.6. The third-order valence-electron chi connectivity index (χ3n) is 2.13. The van der Waals surface area contributed by atoms with Gasteiger partial charge in [0, 0.05) is 0 Å². The molecule has 2 aliphatic rings. The summed E-state index contributed by atoms with van der Waals surface area (Å²) in [6, 6.07) is 0. The first-order valence-electron chi connectivity index (χ1n) is 6.36. The van der Waals surface area contributed by atoms with E-state index in [1.165, 1.54) is 51.4 Å². The Morgan fingerprint density at radius 1 is 0.750 bits per heavy atom. The van der Waals surface area contributed by atoms with Crippen LogP contribution in [-0.2, 0) is 21.7 Å². The Hall–Kier alpha value is 0.674. The summed E-state index contributed by atoms with van der Waals surface area (Å²) in [5, 5.41) is 8.52. The summed E-state index contributed by atoms with van der Waals surface area (Å²) < 4.78 is 0. The Bertz CT molecular complexity index is 90.0. The van der Waals surface area contributed by atoms with Crippen LogP contribution in [0.4, 0.5) is 0 Å². The van der Waals surface area contributed by atoms with Crippen LogP contribution in [0.3, 0.4) is 0 Å². The first-order chi connectivity index (χ1) is 7.00. The molecule has 0 amide bonds. The molecule has 0 radical (unpaired) electrons. The third-order valence-corrected chi connectivity index (χ3v) is 2.13. The number of hydrogen-bond acceptors (Lipinski definition) is 1. The van der Waals surface area contributed by atoms with Crippen LogP contribution in [-0.4, -0.2) is 10.7 Å². The number of aliphatic hydroxyl groups is 1. The first kappa shape index (κ1) is 19.0. The standard InChI is InChI=1S/2C5H9.C4H10O.Ti/c2*1-2-4-5-3-1;1-4(2,3)5;/h2*1H,2-5H2;5H,1-3H3;/q2*-1;;+2. The van der Waals surface area contributed by atoms with Gasteiger partial charge in [-0.3, -0.25) is 0 Å². The minimum absolute atomic E-state index is 0. The number of rotatable bonds is 0. The van der Waals surface area contributed by atoms with Crippen LogP contribution in [0.25, 0.3) is 0 Å². The van der Waals surface area contributed by atoms with Crippen molar-refractivity contribution in [1.29, 1.82) is 0 Å². The van der Waals surface area contributed by atoms with Gasteiger partial charge in [-0.15, -0.1) is 0 Å². The average Bonchev–Trinajstić information content (AvgIpc) is 2.81. The Kier molecular flexibility index (Phi) is 14.4. The third kappa shape index (κ3) is 24.1. The molecule has 0 bridgehead atoms. The Labute approximate surface area is 117 Å². The fraction of sp³-hybridized carbons (Fsp3) is 0.857. The van der Waals surface area contributed by atoms with Crippen molar-refractivity contribution >= 4 is 0 Å². The van der Waals surface area contributed by atoms with Crippen molar-refractivity contribution in [3.05, 3.63) is 12.8 Å². The van der Waals surface area contributed by atoms with Crippen LogP contribution in [0, 0.1) is 12.8 Å². The van der Waals surface area contributed by atoms with Gasteiger partial charge in [-0.2, -0.15) is 25.7 Å². The molecule has 0 heterocycles. The van der Waals surface area contributed by atoms with E-state index in [2.05, 4.69) is 12.8 Å². The first-order valence-corrected chi connectivity index (χ1v) is 6.36. The maximum absolute atomic E-state index is 8.52. The van der Waals surface area contributed by atoms with E-state index in [9.17, 15) is 0 Å². The topological polar surface area (TPSA) is 20.2 Å². The van der Waals surface area contributed by atoms with Crippen LogP contribution < -0.4 is 0 Å². The van der Waals surface area contributed by atoms with Crippen LogP contribution in [0.2, 0.25) is 0 Å². The van der Waals surface area contributed by atoms with Crippen molar-refractivity contribution in [2.24, 2.45) is 0 Å². The van der Waals surface area contributed by atoms with Gasteiger partial charge in [-0.25, -0.2) is 0 Å². The smallest absolute Gasteiger partial charge is 0.391 e. The molecule has 0 aromatic rings. The summed E-state index contributed by atoms with van der Waals surface area (Å²) in [4.78, 5) is 0. The zero-order valence-electron chi connectivity index (χ0n) is 11.3. The van der Waals surface area contributed by atoms with E-state index in [4.69, 9.17) is 5.11 Å². The molecule has 16 heavy (non-hydrogen) atoms. The predicted octanol–water partition coefficient (Wildman–Crippen LogP) is 4.30. The van der Waals surface area contributed by atoms with Crippen molar-refractivity contribution in [3.8, 4) is 0 Å². The minimum atomic E-state index is -0.500. The van der Waals surface area contributed by atoms with E-state index in [1.54, 1.807) is 20.8 Å². The molecule has 2 heteroatoms. The molecule has 0 aliphatic heterocycles. The molecule has 0 spiro atoms. The van der Waals surface area contributed by atoms with Crippen molar-refractivity contribution in [1.82, 2.24) is 0 Å². The van der Waals surface area contributed by atoms with E-state index in [1.807, 2.05) is 0 Å². The molecule has 1 nitrogen and oxygen atoms in total. The Morgan fingerprint density at radius 2 is 0.938 bits per heavy atom. The molecule has 2 saturated carbocycles. The van der Waals surface area contributed by atoms with Crippen molar-refractivity contribution < 1.29 is 26.8 Å². The van der Waals surface area contributed by atoms with Gasteiger partial charge in [-0.1, -0.05) is 25.7 Å². The predicted molar refractivity (Wildman–Crippen MR) is 67.5 cm³/mol. The Morgan fingerprint density at radius 3 is 1.00 bits per heavy atom. The average molecular weight is 260 g/mol. The second kappa shape index (κ2) is 12.1. The van der Waals surface area contributed by atoms with E-state index >= 15 is 0 Å². The molecule has 0 atom stereocenters. The van der Waals surface area contributed by atoms with Crippen LogP contribution in [0.5, 0.6) is 0 Å². The Balaban J connectivity index is 0. The summed E-state index contributed by atoms with van der Waals surface area (Å²) in [5.74, 6) is 0. The molecule has 2 rings (SSSR count). The van der Waals surface area contributed by atoms with Gasteiger partial charge < -0.3 is 17.9 Å². The maximum atomic E-state index is 8.52. The van der Waals surface area contributed by atoms with Gasteiger partial charge in [-0.05, 0) is 20.8 Å². The van der Waals surface area contributed by atoms with Crippen molar-refractivity contribution in [3.63, 3.8) is 0 Å². The largest absolute Gasteiger partial charge is 2.00 e. The molecule has 2 fully saturated rings. The second-order valence-corrected chi connectivity index (χ2v) is 5.32. The fourth-order valence-electron chi connectivity index (χ4n) is 1.44. The zero-order valence-corrected chi connectivity index (χ0v) is 12.8. The molecule has 0 aromatic carbocycles. The molecule has 0 unspecified atom stereocenters. The summed E-state index contributed by atoms with van der Waals surface area (Å²) in [5.41, 5.74) is -0.500. The molecule has 2 aliphatic carbocycles. The van der Waals surface area contributed by atoms with Crippen LogP contribution in [0.15, 0.2) is 0 Å². The normalized spacial score (nSPS) is 18.8. The molecular weight excluding hydrogens is 232 g/mol. The molecule has 1 N–H and O–H groups in total. The summed E-state index contributed by atoms with van der Waals surface area (Å²) in [6.07, 6.45) is 16.0. The molecule has 0 saturated heterocycles. The van der Waals surface area contributed by atoms with Crippen molar-refractivity contribution in [2.75, 3.05) is 0 Å². The molecule has 0 aromatic heterocycles. The minimum Gasteiger partial charge on any atom is -0.391 e. The molecule has 94 valence electrons. The fourth-order valence-corrected chi connectivity index (χ4v) is 1.44. The second-order valence-electron chi connectivity index (χ2n) is 5.32. The molecular formula is C14H28OTi. The summed E-state index contributed by atoms with van der Waals surface area (Å²) in [6.45, 7) is 5.23. The van der Waals surface area contributed by atoms with E-state index in [0.29, 0.717) is 0 Å². The van der Waals surface area contributed by atoms with Gasteiger partial charge in [0.2, 0.25) is 0 Å². The van der Waals surface area contributed by atoms with Gasteiger partial charge >= 0.3 is 21.7 Å². The van der Waals surface area contributed by atoms with Crippen LogP contribution in [0.1, 0.15) is 72.1 Å². The quantitative estimate of drug-likeness (QED) is 0.508. The van der Waals surface area contributed by atoms with Gasteiger partial charge in [0.05, 0.1) is 5.60 Å². The van der Waals surface area contributed by atoms with Gasteiger partial charge in [0.1, 0.15) is 0 Å². The van der Waals surface area contributed by atoms with E-state index in [0.717, 1.165) is 0 Å². The van der Waals surface area contributed by atoms with Crippen LogP contribution >= 0.6 is 0 Å².